The first-order valence-corrected chi connectivity index (χ1v) is 12.4. The molecule has 1 aliphatic carbocycles. The number of rotatable bonds is 6. The van der Waals surface area contributed by atoms with E-state index in [0.717, 1.165) is 36.8 Å². The molecule has 0 amide bonds. The van der Waals surface area contributed by atoms with Gasteiger partial charge in [0.15, 0.2) is 23.3 Å². The van der Waals surface area contributed by atoms with Crippen LogP contribution in [0.15, 0.2) is 54.6 Å². The van der Waals surface area contributed by atoms with Crippen LogP contribution < -0.4 is 0 Å². The molecular formula is C29H29ClF4. The molecule has 34 heavy (non-hydrogen) atoms. The molecule has 0 bridgehead atoms. The van der Waals surface area contributed by atoms with Gasteiger partial charge in [0, 0.05) is 11.5 Å². The molecule has 0 nitrogen and oxygen atoms in total. The first-order chi connectivity index (χ1) is 16.3. The lowest BCUT2D eigenvalue weighted by atomic mass is 9.67. The molecule has 3 unspecified atom stereocenters. The highest BCUT2D eigenvalue weighted by Gasteiger charge is 2.47. The lowest BCUT2D eigenvalue weighted by Gasteiger charge is -2.45. The maximum atomic E-state index is 15.5. The minimum atomic E-state index is -1.37. The normalized spacial score (nSPS) is 21.4. The molecule has 0 radical (unpaired) electrons. The summed E-state index contributed by atoms with van der Waals surface area (Å²) in [6.45, 7) is 3.76. The van der Waals surface area contributed by atoms with Crippen LogP contribution in [0.5, 0.6) is 0 Å². The molecule has 4 rings (SSSR count). The summed E-state index contributed by atoms with van der Waals surface area (Å²) in [6.07, 6.45) is 4.27. The monoisotopic (exact) mass is 488 g/mol. The van der Waals surface area contributed by atoms with E-state index in [4.69, 9.17) is 11.6 Å². The summed E-state index contributed by atoms with van der Waals surface area (Å²) in [5.74, 6) is -6.21. The van der Waals surface area contributed by atoms with Crippen molar-refractivity contribution in [1.82, 2.24) is 0 Å². The van der Waals surface area contributed by atoms with Gasteiger partial charge in [-0.15, -0.1) is 11.6 Å². The van der Waals surface area contributed by atoms with Gasteiger partial charge in [0.2, 0.25) is 0 Å². The summed E-state index contributed by atoms with van der Waals surface area (Å²) in [7, 11) is 0. The fourth-order valence-electron chi connectivity index (χ4n) is 5.68. The summed E-state index contributed by atoms with van der Waals surface area (Å²) >= 11 is 7.04. The Balaban J connectivity index is 1.79. The van der Waals surface area contributed by atoms with Crippen LogP contribution in [0.4, 0.5) is 17.6 Å². The second kappa shape index (κ2) is 10.1. The molecule has 0 aromatic heterocycles. The van der Waals surface area contributed by atoms with Crippen LogP contribution in [-0.4, -0.2) is 4.87 Å². The van der Waals surface area contributed by atoms with Gasteiger partial charge in [0.25, 0.3) is 0 Å². The standard InChI is InChI=1S/C29H29ClF4/c1-3-21-12-8-9-17-29(21,30)22(4-2)24-27(33)25(31)23(26(32)28(24)34)20-15-13-19(14-16-20)18-10-6-5-7-11-18/h5-7,10-11,13-16,21-22H,3-4,8-9,12,17H2,1-2H3. The first-order valence-electron chi connectivity index (χ1n) is 12.0. The van der Waals surface area contributed by atoms with Gasteiger partial charge in [-0.25, -0.2) is 17.6 Å². The van der Waals surface area contributed by atoms with Crippen molar-refractivity contribution in [2.45, 2.75) is 63.2 Å². The predicted molar refractivity (Wildman–Crippen MR) is 131 cm³/mol. The van der Waals surface area contributed by atoms with Crippen LogP contribution in [0, 0.1) is 29.2 Å². The van der Waals surface area contributed by atoms with E-state index < -0.39 is 45.2 Å². The van der Waals surface area contributed by atoms with Crippen molar-refractivity contribution in [2.24, 2.45) is 5.92 Å². The molecular weight excluding hydrogens is 460 g/mol. The number of benzene rings is 3. The van der Waals surface area contributed by atoms with Crippen molar-refractivity contribution in [1.29, 1.82) is 0 Å². The fourth-order valence-corrected chi connectivity index (χ4v) is 6.34. The highest BCUT2D eigenvalue weighted by atomic mass is 35.5. The van der Waals surface area contributed by atoms with Gasteiger partial charge in [-0.2, -0.15) is 0 Å². The SMILES string of the molecule is CCC1CCCCC1(Cl)C(CC)c1c(F)c(F)c(-c2ccc(-c3ccccc3)cc2)c(F)c1F. The lowest BCUT2D eigenvalue weighted by Crippen LogP contribution is -2.41. The topological polar surface area (TPSA) is 0 Å². The Bertz CT molecular complexity index is 1110. The molecule has 180 valence electrons. The summed E-state index contributed by atoms with van der Waals surface area (Å²) in [5, 5.41) is 0. The zero-order valence-electron chi connectivity index (χ0n) is 19.5. The van der Waals surface area contributed by atoms with E-state index >= 15 is 17.6 Å². The molecule has 5 heteroatoms. The molecule has 0 heterocycles. The Morgan fingerprint density at radius 3 is 1.91 bits per heavy atom. The molecule has 1 aliphatic rings. The van der Waals surface area contributed by atoms with Crippen molar-refractivity contribution in [3.63, 3.8) is 0 Å². The van der Waals surface area contributed by atoms with E-state index in [1.807, 2.05) is 37.3 Å². The minimum absolute atomic E-state index is 0.0306. The Kier molecular flexibility index (Phi) is 7.37. The van der Waals surface area contributed by atoms with Crippen molar-refractivity contribution in [2.75, 3.05) is 0 Å². The van der Waals surface area contributed by atoms with Crippen molar-refractivity contribution < 1.29 is 17.6 Å². The van der Waals surface area contributed by atoms with Gasteiger partial charge in [0.1, 0.15) is 0 Å². The molecule has 0 saturated heterocycles. The summed E-state index contributed by atoms with van der Waals surface area (Å²) in [6, 6.07) is 15.8. The molecule has 0 N–H and O–H groups in total. The zero-order chi connectivity index (χ0) is 24.5. The lowest BCUT2D eigenvalue weighted by molar-refractivity contribution is 0.213. The molecule has 0 aliphatic heterocycles. The van der Waals surface area contributed by atoms with Crippen LogP contribution in [0.25, 0.3) is 22.3 Å². The third kappa shape index (κ3) is 4.26. The molecule has 3 aromatic carbocycles. The van der Waals surface area contributed by atoms with E-state index in [2.05, 4.69) is 0 Å². The van der Waals surface area contributed by atoms with Crippen molar-refractivity contribution >= 4 is 11.6 Å². The van der Waals surface area contributed by atoms with Crippen LogP contribution in [0.1, 0.15) is 63.9 Å². The molecule has 1 fully saturated rings. The number of halogens is 5. The van der Waals surface area contributed by atoms with Gasteiger partial charge < -0.3 is 0 Å². The van der Waals surface area contributed by atoms with E-state index in [-0.39, 0.29) is 17.9 Å². The molecule has 1 saturated carbocycles. The van der Waals surface area contributed by atoms with Gasteiger partial charge in [-0.1, -0.05) is 87.7 Å². The Morgan fingerprint density at radius 2 is 1.35 bits per heavy atom. The van der Waals surface area contributed by atoms with Gasteiger partial charge >= 0.3 is 0 Å². The number of hydrogen-bond acceptors (Lipinski definition) is 0. The molecule has 3 aromatic rings. The Hall–Kier alpha value is -2.33. The van der Waals surface area contributed by atoms with Crippen LogP contribution in [-0.2, 0) is 0 Å². The third-order valence-electron chi connectivity index (χ3n) is 7.45. The summed E-state index contributed by atoms with van der Waals surface area (Å²) in [5.41, 5.74) is 0.599. The van der Waals surface area contributed by atoms with Crippen molar-refractivity contribution in [3.8, 4) is 22.3 Å². The summed E-state index contributed by atoms with van der Waals surface area (Å²) in [4.78, 5) is -0.929. The van der Waals surface area contributed by atoms with E-state index in [1.165, 1.54) is 12.1 Å². The second-order valence-electron chi connectivity index (χ2n) is 9.23. The number of alkyl halides is 1. The van der Waals surface area contributed by atoms with E-state index in [0.29, 0.717) is 6.42 Å². The maximum absolute atomic E-state index is 15.5. The number of hydrogen-bond donors (Lipinski definition) is 0. The second-order valence-corrected chi connectivity index (χ2v) is 9.93. The van der Waals surface area contributed by atoms with Crippen LogP contribution >= 0.6 is 11.6 Å². The summed E-state index contributed by atoms with van der Waals surface area (Å²) < 4.78 is 61.7. The first kappa shape index (κ1) is 24.8. The zero-order valence-corrected chi connectivity index (χ0v) is 20.2. The smallest absolute Gasteiger partial charge is 0.170 e. The fraction of sp³-hybridized carbons (Fsp3) is 0.379. The third-order valence-corrected chi connectivity index (χ3v) is 8.21. The highest BCUT2D eigenvalue weighted by molar-refractivity contribution is 6.24. The average molecular weight is 489 g/mol. The largest absolute Gasteiger partial charge is 0.203 e. The van der Waals surface area contributed by atoms with Crippen LogP contribution in [0.3, 0.4) is 0 Å². The average Bonchev–Trinajstić information content (AvgIpc) is 2.86. The molecule has 3 atom stereocenters. The molecule has 0 spiro atoms. The van der Waals surface area contributed by atoms with Crippen LogP contribution in [0.2, 0.25) is 0 Å². The predicted octanol–water partition coefficient (Wildman–Crippen LogP) is 9.65. The Labute approximate surface area is 204 Å². The Morgan fingerprint density at radius 1 is 0.794 bits per heavy atom. The van der Waals surface area contributed by atoms with Gasteiger partial charge in [-0.05, 0) is 41.9 Å². The quantitative estimate of drug-likeness (QED) is 0.184. The maximum Gasteiger partial charge on any atom is 0.170 e. The van der Waals surface area contributed by atoms with Gasteiger partial charge in [0.05, 0.1) is 10.4 Å². The van der Waals surface area contributed by atoms with E-state index in [9.17, 15) is 0 Å². The highest BCUT2D eigenvalue weighted by Crippen LogP contribution is 2.52. The minimum Gasteiger partial charge on any atom is -0.203 e. The van der Waals surface area contributed by atoms with E-state index in [1.54, 1.807) is 19.1 Å². The van der Waals surface area contributed by atoms with Crippen molar-refractivity contribution in [3.05, 3.63) is 83.4 Å². The van der Waals surface area contributed by atoms with Gasteiger partial charge in [-0.3, -0.25) is 0 Å².